The molecule has 1 aliphatic heterocycles. The number of nitrogens with zero attached hydrogens (tertiary/aromatic N) is 1. The second kappa shape index (κ2) is 3.20. The molecule has 0 unspecified atom stereocenters. The van der Waals surface area contributed by atoms with E-state index < -0.39 is 0 Å². The fraction of sp³-hybridized carbons (Fsp3) is 0.417. The summed E-state index contributed by atoms with van der Waals surface area (Å²) in [6, 6.07) is 3.70. The molecule has 1 N–H and O–H groups in total. The highest BCUT2D eigenvalue weighted by atomic mass is 19.1. The number of anilines is 2. The maximum absolute atomic E-state index is 13.4. The van der Waals surface area contributed by atoms with Crippen LogP contribution in [0.4, 0.5) is 15.8 Å². The van der Waals surface area contributed by atoms with Gasteiger partial charge in [0.2, 0.25) is 5.91 Å². The Morgan fingerprint density at radius 1 is 1.44 bits per heavy atom. The summed E-state index contributed by atoms with van der Waals surface area (Å²) in [6.07, 6.45) is 2.26. The van der Waals surface area contributed by atoms with Crippen LogP contribution in [0.2, 0.25) is 0 Å². The maximum Gasteiger partial charge on any atom is 0.243 e. The SMILES string of the molecule is Cc1cc2c(cc1F)NC(=O)CN2C1CC1. The standard InChI is InChI=1S/C12H13FN2O/c1-7-4-11-10(5-9(7)13)14-12(16)6-15(11)8-2-3-8/h4-5,8H,2-3,6H2,1H3,(H,14,16). The zero-order valence-electron chi connectivity index (χ0n) is 9.09. The summed E-state index contributed by atoms with van der Waals surface area (Å²) >= 11 is 0. The lowest BCUT2D eigenvalue weighted by Gasteiger charge is -2.31. The van der Waals surface area contributed by atoms with Crippen molar-refractivity contribution in [1.82, 2.24) is 0 Å². The summed E-state index contributed by atoms with van der Waals surface area (Å²) in [5.74, 6) is -0.320. The van der Waals surface area contributed by atoms with Crippen LogP contribution in [0.25, 0.3) is 0 Å². The lowest BCUT2D eigenvalue weighted by Crippen LogP contribution is -2.39. The summed E-state index contributed by atoms with van der Waals surface area (Å²) in [6.45, 7) is 2.14. The largest absolute Gasteiger partial charge is 0.358 e. The van der Waals surface area contributed by atoms with Crippen molar-refractivity contribution in [2.45, 2.75) is 25.8 Å². The second-order valence-electron chi connectivity index (χ2n) is 4.53. The van der Waals surface area contributed by atoms with Gasteiger partial charge in [-0.3, -0.25) is 4.79 Å². The molecule has 0 atom stereocenters. The predicted molar refractivity (Wildman–Crippen MR) is 60.1 cm³/mol. The summed E-state index contributed by atoms with van der Waals surface area (Å²) in [4.78, 5) is 13.6. The van der Waals surface area contributed by atoms with Gasteiger partial charge in [0.05, 0.1) is 17.9 Å². The number of rotatable bonds is 1. The quantitative estimate of drug-likeness (QED) is 0.785. The van der Waals surface area contributed by atoms with Crippen LogP contribution in [-0.4, -0.2) is 18.5 Å². The van der Waals surface area contributed by atoms with E-state index in [1.54, 1.807) is 6.92 Å². The van der Waals surface area contributed by atoms with E-state index in [0.29, 0.717) is 23.8 Å². The molecule has 0 aromatic heterocycles. The van der Waals surface area contributed by atoms with Crippen molar-refractivity contribution in [3.05, 3.63) is 23.5 Å². The topological polar surface area (TPSA) is 32.3 Å². The molecule has 0 spiro atoms. The smallest absolute Gasteiger partial charge is 0.243 e. The van der Waals surface area contributed by atoms with E-state index >= 15 is 0 Å². The Morgan fingerprint density at radius 3 is 2.88 bits per heavy atom. The minimum absolute atomic E-state index is 0.0531. The Kier molecular flexibility index (Phi) is 1.93. The second-order valence-corrected chi connectivity index (χ2v) is 4.53. The number of halogens is 1. The third kappa shape index (κ3) is 1.45. The van der Waals surface area contributed by atoms with Gasteiger partial charge in [0.25, 0.3) is 0 Å². The molecule has 1 heterocycles. The molecule has 16 heavy (non-hydrogen) atoms. The van der Waals surface area contributed by atoms with Crippen molar-refractivity contribution in [3.8, 4) is 0 Å². The van der Waals surface area contributed by atoms with E-state index in [4.69, 9.17) is 0 Å². The lowest BCUT2D eigenvalue weighted by molar-refractivity contribution is -0.115. The Bertz CT molecular complexity index is 468. The molecule has 3 nitrogen and oxygen atoms in total. The van der Waals surface area contributed by atoms with Gasteiger partial charge in [0.1, 0.15) is 5.82 Å². The van der Waals surface area contributed by atoms with Crippen LogP contribution in [-0.2, 0) is 4.79 Å². The zero-order chi connectivity index (χ0) is 11.3. The molecule has 2 aliphatic rings. The molecule has 0 saturated heterocycles. The van der Waals surface area contributed by atoms with Crippen LogP contribution in [0.5, 0.6) is 0 Å². The molecule has 1 fully saturated rings. The predicted octanol–water partition coefficient (Wildman–Crippen LogP) is 2.06. The normalized spacial score (nSPS) is 19.4. The highest BCUT2D eigenvalue weighted by molar-refractivity contribution is 6.01. The van der Waals surface area contributed by atoms with Crippen LogP contribution in [0.15, 0.2) is 12.1 Å². The number of hydrogen-bond donors (Lipinski definition) is 1. The molecule has 0 bridgehead atoms. The minimum Gasteiger partial charge on any atom is -0.358 e. The molecule has 4 heteroatoms. The Labute approximate surface area is 93.2 Å². The van der Waals surface area contributed by atoms with Crippen LogP contribution in [0.1, 0.15) is 18.4 Å². The van der Waals surface area contributed by atoms with Crippen LogP contribution in [0, 0.1) is 12.7 Å². The number of fused-ring (bicyclic) bond motifs is 1. The van der Waals surface area contributed by atoms with Crippen LogP contribution in [0.3, 0.4) is 0 Å². The highest BCUT2D eigenvalue weighted by Crippen LogP contribution is 2.39. The first-order valence-corrected chi connectivity index (χ1v) is 5.52. The van der Waals surface area contributed by atoms with Crippen LogP contribution < -0.4 is 10.2 Å². The molecule has 3 rings (SSSR count). The monoisotopic (exact) mass is 220 g/mol. The molecule has 0 radical (unpaired) electrons. The first-order chi connectivity index (χ1) is 7.65. The van der Waals surface area contributed by atoms with Crippen molar-refractivity contribution in [3.63, 3.8) is 0 Å². The van der Waals surface area contributed by atoms with E-state index in [-0.39, 0.29) is 11.7 Å². The van der Waals surface area contributed by atoms with E-state index in [9.17, 15) is 9.18 Å². The first-order valence-electron chi connectivity index (χ1n) is 5.52. The van der Waals surface area contributed by atoms with E-state index in [0.717, 1.165) is 18.5 Å². The number of nitrogens with one attached hydrogen (secondary N) is 1. The van der Waals surface area contributed by atoms with Gasteiger partial charge in [-0.2, -0.15) is 0 Å². The number of amides is 1. The molecule has 1 amide bonds. The van der Waals surface area contributed by atoms with E-state index in [1.165, 1.54) is 6.07 Å². The third-order valence-corrected chi connectivity index (χ3v) is 3.16. The van der Waals surface area contributed by atoms with E-state index in [1.807, 2.05) is 6.07 Å². The molecular formula is C12H13FN2O. The highest BCUT2D eigenvalue weighted by Gasteiger charge is 2.34. The van der Waals surface area contributed by atoms with Crippen molar-refractivity contribution >= 4 is 17.3 Å². The lowest BCUT2D eigenvalue weighted by atomic mass is 10.1. The van der Waals surface area contributed by atoms with Gasteiger partial charge in [-0.05, 0) is 37.5 Å². The van der Waals surface area contributed by atoms with Crippen LogP contribution >= 0.6 is 0 Å². The van der Waals surface area contributed by atoms with Gasteiger partial charge >= 0.3 is 0 Å². The number of carbonyl (C=O) groups is 1. The number of benzene rings is 1. The van der Waals surface area contributed by atoms with Gasteiger partial charge in [-0.15, -0.1) is 0 Å². The molecule has 1 saturated carbocycles. The maximum atomic E-state index is 13.4. The summed E-state index contributed by atoms with van der Waals surface area (Å²) in [5, 5.41) is 2.72. The molecule has 1 aromatic carbocycles. The fourth-order valence-corrected chi connectivity index (χ4v) is 2.15. The van der Waals surface area contributed by atoms with Gasteiger partial charge in [0.15, 0.2) is 0 Å². The van der Waals surface area contributed by atoms with Gasteiger partial charge in [-0.1, -0.05) is 0 Å². The average Bonchev–Trinajstić information content (AvgIpc) is 3.03. The molecular weight excluding hydrogens is 207 g/mol. The van der Waals surface area contributed by atoms with Crippen molar-refractivity contribution in [1.29, 1.82) is 0 Å². The average molecular weight is 220 g/mol. The van der Waals surface area contributed by atoms with Gasteiger partial charge in [0, 0.05) is 6.04 Å². The van der Waals surface area contributed by atoms with Crippen molar-refractivity contribution in [2.24, 2.45) is 0 Å². The third-order valence-electron chi connectivity index (χ3n) is 3.16. The summed E-state index contributed by atoms with van der Waals surface area (Å²) in [7, 11) is 0. The number of carbonyl (C=O) groups excluding carboxylic acids is 1. The Hall–Kier alpha value is -1.58. The van der Waals surface area contributed by atoms with Gasteiger partial charge in [-0.25, -0.2) is 4.39 Å². The first kappa shape index (κ1) is 9.63. The Morgan fingerprint density at radius 2 is 2.19 bits per heavy atom. The minimum atomic E-state index is -0.267. The van der Waals surface area contributed by atoms with Crippen molar-refractivity contribution in [2.75, 3.05) is 16.8 Å². The number of hydrogen-bond acceptors (Lipinski definition) is 2. The molecule has 1 aromatic rings. The van der Waals surface area contributed by atoms with E-state index in [2.05, 4.69) is 10.2 Å². The number of aryl methyl sites for hydroxylation is 1. The zero-order valence-corrected chi connectivity index (χ0v) is 9.09. The molecule has 84 valence electrons. The molecule has 1 aliphatic carbocycles. The van der Waals surface area contributed by atoms with Gasteiger partial charge < -0.3 is 10.2 Å². The summed E-state index contributed by atoms with van der Waals surface area (Å²) < 4.78 is 13.4. The fourth-order valence-electron chi connectivity index (χ4n) is 2.15. The van der Waals surface area contributed by atoms with Crippen molar-refractivity contribution < 1.29 is 9.18 Å². The summed E-state index contributed by atoms with van der Waals surface area (Å²) in [5.41, 5.74) is 2.19. The Balaban J connectivity index is 2.09.